The van der Waals surface area contributed by atoms with Crippen LogP contribution in [0.1, 0.15) is 46.1 Å². The summed E-state index contributed by atoms with van der Waals surface area (Å²) in [6.07, 6.45) is 3.32. The average Bonchev–Trinajstić information content (AvgIpc) is 2.62. The predicted molar refractivity (Wildman–Crippen MR) is 87.8 cm³/mol. The van der Waals surface area contributed by atoms with Gasteiger partial charge in [-0.05, 0) is 52.2 Å². The normalized spacial score (nSPS) is 30.2. The van der Waals surface area contributed by atoms with Crippen LogP contribution in [0.3, 0.4) is 0 Å². The Morgan fingerprint density at radius 1 is 1.19 bits per heavy atom. The summed E-state index contributed by atoms with van der Waals surface area (Å²) in [7, 11) is 0. The van der Waals surface area contributed by atoms with Crippen LogP contribution < -0.4 is 10.6 Å². The summed E-state index contributed by atoms with van der Waals surface area (Å²) >= 11 is 0. The van der Waals surface area contributed by atoms with Crippen molar-refractivity contribution in [3.8, 4) is 0 Å². The standard InChI is InChI=1S/C18H28N2O/c1-16(2)12-18(13-19,17(3,4)21-16)20-11-7-9-14-8-5-6-10-15(14)20/h5-6,8,10H,7,9,11-13,19H2,1-4H3. The van der Waals surface area contributed by atoms with E-state index in [0.29, 0.717) is 6.54 Å². The number of nitrogens with zero attached hydrogens (tertiary/aromatic N) is 1. The van der Waals surface area contributed by atoms with Crippen LogP contribution in [-0.4, -0.2) is 29.8 Å². The molecule has 0 amide bonds. The minimum Gasteiger partial charge on any atom is -0.367 e. The molecule has 2 heterocycles. The molecule has 1 atom stereocenters. The van der Waals surface area contributed by atoms with Gasteiger partial charge >= 0.3 is 0 Å². The van der Waals surface area contributed by atoms with Crippen molar-refractivity contribution < 1.29 is 4.74 Å². The van der Waals surface area contributed by atoms with E-state index in [1.807, 2.05) is 0 Å². The Morgan fingerprint density at radius 3 is 2.52 bits per heavy atom. The van der Waals surface area contributed by atoms with Gasteiger partial charge in [0.15, 0.2) is 0 Å². The Morgan fingerprint density at radius 2 is 1.90 bits per heavy atom. The van der Waals surface area contributed by atoms with E-state index in [1.54, 1.807) is 0 Å². The number of hydrogen-bond acceptors (Lipinski definition) is 3. The lowest BCUT2D eigenvalue weighted by Crippen LogP contribution is -2.64. The highest BCUT2D eigenvalue weighted by Crippen LogP contribution is 2.50. The lowest BCUT2D eigenvalue weighted by molar-refractivity contribution is -0.0785. The van der Waals surface area contributed by atoms with E-state index in [1.165, 1.54) is 17.7 Å². The van der Waals surface area contributed by atoms with E-state index in [-0.39, 0.29) is 16.7 Å². The molecule has 0 aliphatic carbocycles. The molecule has 1 aromatic carbocycles. The van der Waals surface area contributed by atoms with Crippen LogP contribution in [0.5, 0.6) is 0 Å². The van der Waals surface area contributed by atoms with Crippen molar-refractivity contribution in [1.29, 1.82) is 0 Å². The van der Waals surface area contributed by atoms with Gasteiger partial charge in [-0.25, -0.2) is 0 Å². The van der Waals surface area contributed by atoms with Crippen molar-refractivity contribution in [1.82, 2.24) is 0 Å². The molecule has 116 valence electrons. The van der Waals surface area contributed by atoms with E-state index in [4.69, 9.17) is 10.5 Å². The number of benzene rings is 1. The first-order valence-corrected chi connectivity index (χ1v) is 8.07. The van der Waals surface area contributed by atoms with E-state index < -0.39 is 0 Å². The second-order valence-corrected chi connectivity index (χ2v) is 7.67. The topological polar surface area (TPSA) is 38.5 Å². The number of para-hydroxylation sites is 1. The first-order valence-electron chi connectivity index (χ1n) is 8.07. The van der Waals surface area contributed by atoms with Gasteiger partial charge in [0.25, 0.3) is 0 Å². The third-order valence-corrected chi connectivity index (χ3v) is 5.33. The molecule has 0 bridgehead atoms. The monoisotopic (exact) mass is 288 g/mol. The molecule has 0 aromatic heterocycles. The van der Waals surface area contributed by atoms with Crippen molar-refractivity contribution in [3.63, 3.8) is 0 Å². The summed E-state index contributed by atoms with van der Waals surface area (Å²) < 4.78 is 6.39. The fourth-order valence-electron chi connectivity index (χ4n) is 4.57. The van der Waals surface area contributed by atoms with Crippen LogP contribution in [0.4, 0.5) is 5.69 Å². The second kappa shape index (κ2) is 4.72. The zero-order valence-electron chi connectivity index (χ0n) is 13.8. The molecule has 2 aliphatic rings. The molecule has 2 aliphatic heterocycles. The van der Waals surface area contributed by atoms with Gasteiger partial charge in [-0.1, -0.05) is 18.2 Å². The van der Waals surface area contributed by atoms with Crippen LogP contribution >= 0.6 is 0 Å². The molecule has 0 radical (unpaired) electrons. The molecular weight excluding hydrogens is 260 g/mol. The average molecular weight is 288 g/mol. The zero-order chi connectivity index (χ0) is 15.3. The van der Waals surface area contributed by atoms with Crippen molar-refractivity contribution >= 4 is 5.69 Å². The summed E-state index contributed by atoms with van der Waals surface area (Å²) in [5.41, 5.74) is 8.61. The van der Waals surface area contributed by atoms with Crippen LogP contribution in [0.2, 0.25) is 0 Å². The molecule has 0 saturated carbocycles. The lowest BCUT2D eigenvalue weighted by atomic mass is 9.76. The molecule has 0 spiro atoms. The first kappa shape index (κ1) is 14.9. The predicted octanol–water partition coefficient (Wildman–Crippen LogP) is 3.11. The fourth-order valence-corrected chi connectivity index (χ4v) is 4.57. The molecule has 1 unspecified atom stereocenters. The smallest absolute Gasteiger partial charge is 0.0877 e. The minimum atomic E-state index is -0.254. The minimum absolute atomic E-state index is 0.130. The van der Waals surface area contributed by atoms with Crippen molar-refractivity contribution in [3.05, 3.63) is 29.8 Å². The molecule has 3 heteroatoms. The van der Waals surface area contributed by atoms with Gasteiger partial charge in [-0.2, -0.15) is 0 Å². The van der Waals surface area contributed by atoms with Crippen molar-refractivity contribution in [2.75, 3.05) is 18.0 Å². The van der Waals surface area contributed by atoms with Crippen LogP contribution in [0, 0.1) is 0 Å². The number of nitrogens with two attached hydrogens (primary N) is 1. The van der Waals surface area contributed by atoms with E-state index in [0.717, 1.165) is 19.4 Å². The Balaban J connectivity index is 2.10. The summed E-state index contributed by atoms with van der Waals surface area (Å²) in [5.74, 6) is 0. The largest absolute Gasteiger partial charge is 0.367 e. The Kier molecular flexibility index (Phi) is 3.34. The van der Waals surface area contributed by atoms with Crippen LogP contribution in [-0.2, 0) is 11.2 Å². The summed E-state index contributed by atoms with van der Waals surface area (Å²) in [6, 6.07) is 8.76. The summed E-state index contributed by atoms with van der Waals surface area (Å²) in [4.78, 5) is 2.54. The first-order chi connectivity index (χ1) is 9.81. The highest BCUT2D eigenvalue weighted by molar-refractivity contribution is 5.59. The molecular formula is C18H28N2O. The third-order valence-electron chi connectivity index (χ3n) is 5.33. The quantitative estimate of drug-likeness (QED) is 0.908. The van der Waals surface area contributed by atoms with Gasteiger partial charge in [-0.15, -0.1) is 0 Å². The van der Waals surface area contributed by atoms with Gasteiger partial charge in [0.2, 0.25) is 0 Å². The SMILES string of the molecule is CC1(C)CC(CN)(N2CCCc3ccccc32)C(C)(C)O1. The maximum absolute atomic E-state index is 6.39. The zero-order valence-corrected chi connectivity index (χ0v) is 13.8. The van der Waals surface area contributed by atoms with E-state index in [9.17, 15) is 0 Å². The highest BCUT2D eigenvalue weighted by atomic mass is 16.5. The number of aryl methyl sites for hydroxylation is 1. The van der Waals surface area contributed by atoms with Gasteiger partial charge in [0.1, 0.15) is 0 Å². The number of anilines is 1. The van der Waals surface area contributed by atoms with Gasteiger partial charge in [0.05, 0.1) is 16.7 Å². The van der Waals surface area contributed by atoms with Crippen molar-refractivity contribution in [2.45, 2.75) is 63.7 Å². The Hall–Kier alpha value is -1.06. The number of fused-ring (bicyclic) bond motifs is 1. The van der Waals surface area contributed by atoms with E-state index in [2.05, 4.69) is 56.9 Å². The molecule has 2 N–H and O–H groups in total. The van der Waals surface area contributed by atoms with Gasteiger partial charge in [-0.3, -0.25) is 0 Å². The Bertz CT molecular complexity index is 538. The van der Waals surface area contributed by atoms with Gasteiger partial charge < -0.3 is 15.4 Å². The second-order valence-electron chi connectivity index (χ2n) is 7.67. The van der Waals surface area contributed by atoms with Crippen molar-refractivity contribution in [2.24, 2.45) is 5.73 Å². The number of hydrogen-bond donors (Lipinski definition) is 1. The molecule has 1 saturated heterocycles. The number of ether oxygens (including phenoxy) is 1. The lowest BCUT2D eigenvalue weighted by Gasteiger charge is -2.51. The molecule has 3 rings (SSSR count). The van der Waals surface area contributed by atoms with Crippen LogP contribution in [0.15, 0.2) is 24.3 Å². The fraction of sp³-hybridized carbons (Fsp3) is 0.667. The van der Waals surface area contributed by atoms with Crippen LogP contribution in [0.25, 0.3) is 0 Å². The molecule has 1 aromatic rings. The summed E-state index contributed by atoms with van der Waals surface area (Å²) in [5, 5.41) is 0. The molecule has 21 heavy (non-hydrogen) atoms. The maximum atomic E-state index is 6.39. The number of rotatable bonds is 2. The third kappa shape index (κ3) is 2.18. The van der Waals surface area contributed by atoms with Gasteiger partial charge in [0, 0.05) is 25.2 Å². The Labute approximate surface area is 128 Å². The van der Waals surface area contributed by atoms with E-state index >= 15 is 0 Å². The molecule has 3 nitrogen and oxygen atoms in total. The maximum Gasteiger partial charge on any atom is 0.0877 e. The molecule has 1 fully saturated rings. The highest BCUT2D eigenvalue weighted by Gasteiger charge is 2.59. The summed E-state index contributed by atoms with van der Waals surface area (Å²) in [6.45, 7) is 10.5.